The molecule has 0 aromatic heterocycles. The van der Waals surface area contributed by atoms with E-state index in [0.717, 1.165) is 83.8 Å². The Morgan fingerprint density at radius 1 is 0.323 bits per heavy atom. The van der Waals surface area contributed by atoms with Crippen molar-refractivity contribution in [3.63, 3.8) is 0 Å². The van der Waals surface area contributed by atoms with E-state index in [1.165, 1.54) is 55.9 Å². The van der Waals surface area contributed by atoms with Crippen molar-refractivity contribution < 1.29 is 57.3 Å². The highest BCUT2D eigenvalue weighted by molar-refractivity contribution is 5.94. The van der Waals surface area contributed by atoms with Gasteiger partial charge in [-0.2, -0.15) is 0 Å². The zero-order valence-corrected chi connectivity index (χ0v) is 40.0. The Morgan fingerprint density at radius 3 is 0.710 bits per heavy atom. The number of hydrogen-bond donors (Lipinski definition) is 0. The van der Waals surface area contributed by atoms with Gasteiger partial charge in [-0.3, -0.25) is 19.2 Å². The summed E-state index contributed by atoms with van der Waals surface area (Å²) in [5.74, 6) is -6.16. The summed E-state index contributed by atoms with van der Waals surface area (Å²) in [5, 5.41) is 0. The second kappa shape index (κ2) is 29.2. The first-order valence-corrected chi connectivity index (χ1v) is 23.2. The van der Waals surface area contributed by atoms with E-state index in [-0.39, 0.29) is 25.7 Å². The van der Waals surface area contributed by atoms with Crippen LogP contribution in [0.2, 0.25) is 0 Å². The first-order chi connectivity index (χ1) is 29.3. The molecule has 62 heavy (non-hydrogen) atoms. The third-order valence-corrected chi connectivity index (χ3v) is 12.0. The van der Waals surface area contributed by atoms with Gasteiger partial charge in [0.15, 0.2) is 24.4 Å². The lowest BCUT2D eigenvalue weighted by Gasteiger charge is -2.33. The van der Waals surface area contributed by atoms with Gasteiger partial charge in [-0.15, -0.1) is 0 Å². The summed E-state index contributed by atoms with van der Waals surface area (Å²) in [5.41, 5.74) is 0. The average molecular weight is 881 g/mol. The van der Waals surface area contributed by atoms with E-state index in [0.29, 0.717) is 25.7 Å². The van der Waals surface area contributed by atoms with Crippen LogP contribution >= 0.6 is 0 Å². The largest absolute Gasteiger partial charge is 0.451 e. The van der Waals surface area contributed by atoms with Gasteiger partial charge in [0.25, 0.3) is 23.6 Å². The van der Waals surface area contributed by atoms with E-state index in [4.69, 9.17) is 18.9 Å². The molecule has 0 aromatic carbocycles. The molecule has 1 aliphatic rings. The molecule has 1 heterocycles. The molecule has 0 aromatic rings. The highest BCUT2D eigenvalue weighted by Gasteiger charge is 2.40. The first-order valence-electron chi connectivity index (χ1n) is 23.2. The molecule has 0 saturated carbocycles. The van der Waals surface area contributed by atoms with E-state index in [2.05, 4.69) is 6.92 Å². The van der Waals surface area contributed by atoms with Crippen molar-refractivity contribution in [1.82, 2.24) is 19.6 Å². The lowest BCUT2D eigenvalue weighted by atomic mass is 10.1. The highest BCUT2D eigenvalue weighted by Crippen LogP contribution is 2.21. The first kappa shape index (κ1) is 55.8. The van der Waals surface area contributed by atoms with E-state index in [9.17, 15) is 38.4 Å². The molecule has 16 nitrogen and oxygen atoms in total. The predicted molar refractivity (Wildman–Crippen MR) is 234 cm³/mol. The minimum atomic E-state index is -1.31. The lowest BCUT2D eigenvalue weighted by Crippen LogP contribution is -2.53. The molecule has 356 valence electrons. The molecule has 4 amide bonds. The Hall–Kier alpha value is -4.24. The van der Waals surface area contributed by atoms with Crippen LogP contribution in [0.3, 0.4) is 0 Å². The van der Waals surface area contributed by atoms with E-state index in [1.54, 1.807) is 0 Å². The maximum Gasteiger partial charge on any atom is 0.329 e. The van der Waals surface area contributed by atoms with Crippen LogP contribution in [0.25, 0.3) is 0 Å². The molecule has 16 heteroatoms. The van der Waals surface area contributed by atoms with Crippen LogP contribution in [0, 0.1) is 0 Å². The molecule has 0 spiro atoms. The van der Waals surface area contributed by atoms with Crippen LogP contribution < -0.4 is 0 Å². The summed E-state index contributed by atoms with van der Waals surface area (Å²) in [6.07, 6.45) is 5.85. The van der Waals surface area contributed by atoms with Crippen molar-refractivity contribution in [2.45, 2.75) is 220 Å². The zero-order chi connectivity index (χ0) is 47.1. The fourth-order valence-electron chi connectivity index (χ4n) is 6.86. The number of unbranched alkanes of at least 4 members (excludes halogenated alkanes) is 10. The van der Waals surface area contributed by atoms with Crippen molar-refractivity contribution >= 4 is 47.5 Å². The van der Waals surface area contributed by atoms with Crippen LogP contribution in [-0.2, 0) is 57.3 Å². The third-order valence-electron chi connectivity index (χ3n) is 12.0. The molecular weight excluding hydrogens is 801 g/mol. The second-order valence-electron chi connectivity index (χ2n) is 16.9. The Morgan fingerprint density at radius 2 is 0.500 bits per heavy atom. The number of carbonyl (C=O) groups excluding carboxylic acids is 8. The monoisotopic (exact) mass is 881 g/mol. The molecular formula is C46H80N4O12. The summed E-state index contributed by atoms with van der Waals surface area (Å²) in [4.78, 5) is 116. The van der Waals surface area contributed by atoms with Crippen molar-refractivity contribution in [3.05, 3.63) is 0 Å². The van der Waals surface area contributed by atoms with Gasteiger partial charge >= 0.3 is 23.9 Å². The number of nitrogens with zero attached hydrogens (tertiary/aromatic N) is 4. The highest BCUT2D eigenvalue weighted by atomic mass is 16.6. The van der Waals surface area contributed by atoms with Gasteiger partial charge in [-0.25, -0.2) is 19.2 Å². The normalized spacial score (nSPS) is 26.3. The minimum Gasteiger partial charge on any atom is -0.451 e. The summed E-state index contributed by atoms with van der Waals surface area (Å²) in [6.45, 7) is 13.8. The summed E-state index contributed by atoms with van der Waals surface area (Å²) in [6, 6.07) is -4.84. The number of cyclic esters (lactones) is 4. The summed E-state index contributed by atoms with van der Waals surface area (Å²) >= 11 is 0. The van der Waals surface area contributed by atoms with Crippen molar-refractivity contribution in [2.24, 2.45) is 0 Å². The van der Waals surface area contributed by atoms with E-state index in [1.807, 2.05) is 20.8 Å². The van der Waals surface area contributed by atoms with Crippen LogP contribution in [0.1, 0.15) is 171 Å². The third kappa shape index (κ3) is 17.5. The number of hydrogen-bond acceptors (Lipinski definition) is 12. The van der Waals surface area contributed by atoms with Gasteiger partial charge in [-0.1, -0.05) is 91.9 Å². The molecule has 0 bridgehead atoms. The Kier molecular flexibility index (Phi) is 26.3. The smallest absolute Gasteiger partial charge is 0.329 e. The molecule has 1 saturated heterocycles. The van der Waals surface area contributed by atoms with Gasteiger partial charge in [0, 0.05) is 28.2 Å². The fraction of sp³-hybridized carbons (Fsp3) is 0.826. The molecule has 8 atom stereocenters. The summed E-state index contributed by atoms with van der Waals surface area (Å²) < 4.78 is 23.2. The Labute approximate surface area is 371 Å². The van der Waals surface area contributed by atoms with Crippen LogP contribution in [0.4, 0.5) is 0 Å². The predicted octanol–water partition coefficient (Wildman–Crippen LogP) is 6.14. The van der Waals surface area contributed by atoms with E-state index >= 15 is 0 Å². The molecule has 1 rings (SSSR count). The number of esters is 4. The molecule has 0 aliphatic carbocycles. The number of carbonyl (C=O) groups is 8. The van der Waals surface area contributed by atoms with Crippen molar-refractivity contribution in [3.8, 4) is 0 Å². The quantitative estimate of drug-likeness (QED) is 0.0872. The van der Waals surface area contributed by atoms with Gasteiger partial charge < -0.3 is 38.5 Å². The number of likely N-dealkylation sites (N-methyl/N-ethyl adjacent to an activating group) is 4. The van der Waals surface area contributed by atoms with Gasteiger partial charge in [0.05, 0.1) is 0 Å². The van der Waals surface area contributed by atoms with Crippen molar-refractivity contribution in [1.29, 1.82) is 0 Å². The maximum absolute atomic E-state index is 14.1. The number of ether oxygens (including phenoxy) is 4. The Bertz CT molecular complexity index is 1450. The lowest BCUT2D eigenvalue weighted by molar-refractivity contribution is -0.176. The zero-order valence-electron chi connectivity index (χ0n) is 40.0. The van der Waals surface area contributed by atoms with E-state index < -0.39 is 96.1 Å². The molecule has 1 fully saturated rings. The maximum atomic E-state index is 14.1. The molecule has 1 aliphatic heterocycles. The topological polar surface area (TPSA) is 186 Å². The van der Waals surface area contributed by atoms with Gasteiger partial charge in [-0.05, 0) is 79.1 Å². The molecule has 0 radical (unpaired) electrons. The second-order valence-corrected chi connectivity index (χ2v) is 16.9. The van der Waals surface area contributed by atoms with Crippen molar-refractivity contribution in [2.75, 3.05) is 28.2 Å². The summed E-state index contributed by atoms with van der Waals surface area (Å²) in [7, 11) is 5.53. The Balaban J connectivity index is 3.82. The van der Waals surface area contributed by atoms with Gasteiger partial charge in [0.2, 0.25) is 0 Å². The van der Waals surface area contributed by atoms with Gasteiger partial charge in [0.1, 0.15) is 24.2 Å². The minimum absolute atomic E-state index is 0.146. The number of amides is 4. The molecule has 0 N–H and O–H groups in total. The standard InChI is InChI=1S/C46H80N4O12/c1-13-17-21-22-26-30-38-42(54)50(12)33(7)45(57)61-36(28-24-19-15-3)40(52)48(10)31(5)43(55)59-35(27-23-18-14-2)39(51)47(9)32(6)44(56)60-37(29-25-20-16-4)41(53)49(11)34(8)46(58)62-38/h31-38H,13-30H2,1-12H3/t31-,32-,33-,34-,35+,36+,37+,38+/m1/s1. The van der Waals surface area contributed by atoms with Crippen LogP contribution in [0.5, 0.6) is 0 Å². The average Bonchev–Trinajstić information content (AvgIpc) is 3.26. The SMILES string of the molecule is CCCCCCC[C@@H]1OC(=O)[C@@H](C)N(C)C(=O)[C@H](CCCCC)OC(=O)[C@@H](C)N(C)C(=O)[C@H](CCCCC)OC(=O)[C@@H](C)N(C)C(=O)[C@H](CCCCC)OC(=O)[C@@H](C)N(C)C1=O. The van der Waals surface area contributed by atoms with Crippen LogP contribution in [0.15, 0.2) is 0 Å². The fourth-order valence-corrected chi connectivity index (χ4v) is 6.86. The van der Waals surface area contributed by atoms with Crippen LogP contribution in [-0.4, -0.2) is 144 Å². The molecule has 0 unspecified atom stereocenters. The number of rotatable bonds is 18.